The van der Waals surface area contributed by atoms with Crippen LogP contribution in [-0.4, -0.2) is 16.0 Å². The van der Waals surface area contributed by atoms with Crippen molar-refractivity contribution in [3.8, 4) is 5.69 Å². The highest BCUT2D eigenvalue weighted by Crippen LogP contribution is 2.34. The summed E-state index contributed by atoms with van der Waals surface area (Å²) in [5.41, 5.74) is 6.01. The van der Waals surface area contributed by atoms with E-state index in [2.05, 4.69) is 71.3 Å². The number of rotatable bonds is 2. The summed E-state index contributed by atoms with van der Waals surface area (Å²) in [7, 11) is 0. The minimum absolute atomic E-state index is 0.249. The Morgan fingerprint density at radius 3 is 2.19 bits per heavy atom. The minimum atomic E-state index is 0.249. The van der Waals surface area contributed by atoms with Crippen LogP contribution in [0.2, 0.25) is 0 Å². The number of benzene rings is 3. The van der Waals surface area contributed by atoms with Gasteiger partial charge in [0.1, 0.15) is 0 Å². The van der Waals surface area contributed by atoms with E-state index >= 15 is 0 Å². The van der Waals surface area contributed by atoms with Crippen molar-refractivity contribution in [2.45, 2.75) is 0 Å². The number of hydrogen-bond acceptors (Lipinski definition) is 2. The zero-order chi connectivity index (χ0) is 18.4. The summed E-state index contributed by atoms with van der Waals surface area (Å²) >= 11 is 0. The van der Waals surface area contributed by atoms with E-state index in [0.717, 1.165) is 22.3 Å². The van der Waals surface area contributed by atoms with Gasteiger partial charge in [-0.3, -0.25) is 10.8 Å². The second kappa shape index (κ2) is 5.92. The standard InChI is InChI=1S/C24H17N3/c25-21-12-10-17(15-22(21)26)16-11-13-24-20(14-16)19-8-4-5-9-23(19)27(24)18-6-2-1-3-7-18/h1-15,25-26H. The first-order chi connectivity index (χ1) is 13.2. The van der Waals surface area contributed by atoms with Crippen LogP contribution in [0.25, 0.3) is 33.1 Å². The Bertz CT molecular complexity index is 1290. The average Bonchev–Trinajstić information content (AvgIpc) is 3.04. The molecule has 128 valence electrons. The summed E-state index contributed by atoms with van der Waals surface area (Å²) in [5, 5.41) is 18.1. The lowest BCUT2D eigenvalue weighted by Crippen LogP contribution is -2.09. The number of aromatic nitrogens is 1. The molecule has 3 aromatic carbocycles. The number of allylic oxidation sites excluding steroid dienone is 4. The molecule has 0 unspecified atom stereocenters. The predicted molar refractivity (Wildman–Crippen MR) is 113 cm³/mol. The van der Waals surface area contributed by atoms with E-state index in [9.17, 15) is 0 Å². The van der Waals surface area contributed by atoms with Crippen LogP contribution in [0.15, 0.2) is 91.0 Å². The molecule has 1 aliphatic carbocycles. The summed E-state index contributed by atoms with van der Waals surface area (Å²) < 4.78 is 2.29. The maximum absolute atomic E-state index is 7.93. The summed E-state index contributed by atoms with van der Waals surface area (Å²) in [4.78, 5) is 0. The zero-order valence-electron chi connectivity index (χ0n) is 14.6. The van der Waals surface area contributed by atoms with E-state index < -0.39 is 0 Å². The Kier molecular flexibility index (Phi) is 3.41. The molecule has 1 heterocycles. The lowest BCUT2D eigenvalue weighted by molar-refractivity contribution is 1.18. The highest BCUT2D eigenvalue weighted by Gasteiger charge is 2.14. The number of nitrogens with zero attached hydrogens (tertiary/aromatic N) is 1. The molecule has 4 aromatic rings. The minimum Gasteiger partial charge on any atom is -0.309 e. The van der Waals surface area contributed by atoms with Crippen molar-refractivity contribution >= 4 is 38.8 Å². The van der Waals surface area contributed by atoms with E-state index in [4.69, 9.17) is 10.8 Å². The molecule has 5 rings (SSSR count). The first kappa shape index (κ1) is 15.5. The van der Waals surface area contributed by atoms with Crippen molar-refractivity contribution in [1.82, 2.24) is 4.57 Å². The first-order valence-electron chi connectivity index (χ1n) is 8.88. The van der Waals surface area contributed by atoms with Crippen LogP contribution in [0.1, 0.15) is 5.56 Å². The van der Waals surface area contributed by atoms with Gasteiger partial charge in [0, 0.05) is 16.5 Å². The largest absolute Gasteiger partial charge is 0.309 e. The number of nitrogens with one attached hydrogen (secondary N) is 2. The van der Waals surface area contributed by atoms with Gasteiger partial charge in [0.2, 0.25) is 0 Å². The van der Waals surface area contributed by atoms with Gasteiger partial charge in [-0.1, -0.05) is 48.5 Å². The van der Waals surface area contributed by atoms with Gasteiger partial charge in [-0.05, 0) is 53.6 Å². The van der Waals surface area contributed by atoms with Crippen molar-refractivity contribution < 1.29 is 0 Å². The molecule has 0 saturated heterocycles. The summed E-state index contributed by atoms with van der Waals surface area (Å²) in [6.07, 6.45) is 5.37. The maximum Gasteiger partial charge on any atom is 0.0795 e. The third-order valence-electron chi connectivity index (χ3n) is 5.04. The normalized spacial score (nSPS) is 14.1. The van der Waals surface area contributed by atoms with Gasteiger partial charge in [0.15, 0.2) is 0 Å². The molecule has 0 bridgehead atoms. The van der Waals surface area contributed by atoms with Gasteiger partial charge in [-0.25, -0.2) is 0 Å². The molecule has 2 N–H and O–H groups in total. The molecule has 27 heavy (non-hydrogen) atoms. The fourth-order valence-electron chi connectivity index (χ4n) is 3.73. The van der Waals surface area contributed by atoms with Crippen LogP contribution < -0.4 is 0 Å². The quantitative estimate of drug-likeness (QED) is 0.432. The second-order valence-electron chi connectivity index (χ2n) is 6.68. The Balaban J connectivity index is 1.79. The fraction of sp³-hybridized carbons (Fsp3) is 0. The molecule has 0 fully saturated rings. The number of fused-ring (bicyclic) bond motifs is 3. The lowest BCUT2D eigenvalue weighted by atomic mass is 9.96. The predicted octanol–water partition coefficient (Wildman–Crippen LogP) is 5.78. The Morgan fingerprint density at radius 1 is 0.630 bits per heavy atom. The van der Waals surface area contributed by atoms with Gasteiger partial charge in [-0.2, -0.15) is 0 Å². The molecule has 0 aliphatic heterocycles. The van der Waals surface area contributed by atoms with Gasteiger partial charge in [0.25, 0.3) is 0 Å². The van der Waals surface area contributed by atoms with Crippen LogP contribution in [0.4, 0.5) is 0 Å². The van der Waals surface area contributed by atoms with Crippen LogP contribution in [0, 0.1) is 10.8 Å². The van der Waals surface area contributed by atoms with E-state index in [1.165, 1.54) is 16.3 Å². The van der Waals surface area contributed by atoms with Crippen LogP contribution in [0.3, 0.4) is 0 Å². The fourth-order valence-corrected chi connectivity index (χ4v) is 3.73. The molecule has 0 atom stereocenters. The molecule has 0 amide bonds. The van der Waals surface area contributed by atoms with Crippen molar-refractivity contribution in [3.05, 3.63) is 96.6 Å². The third-order valence-corrected chi connectivity index (χ3v) is 5.04. The Hall–Kier alpha value is -3.72. The average molecular weight is 347 g/mol. The van der Waals surface area contributed by atoms with E-state index in [1.807, 2.05) is 12.1 Å². The molecule has 1 aliphatic rings. The van der Waals surface area contributed by atoms with Crippen molar-refractivity contribution in [1.29, 1.82) is 10.8 Å². The van der Waals surface area contributed by atoms with Gasteiger partial charge >= 0.3 is 0 Å². The van der Waals surface area contributed by atoms with Crippen LogP contribution in [-0.2, 0) is 0 Å². The van der Waals surface area contributed by atoms with Crippen LogP contribution >= 0.6 is 0 Å². The van der Waals surface area contributed by atoms with E-state index in [1.54, 1.807) is 12.2 Å². The lowest BCUT2D eigenvalue weighted by Gasteiger charge is -2.10. The molecule has 0 radical (unpaired) electrons. The van der Waals surface area contributed by atoms with E-state index in [0.29, 0.717) is 0 Å². The molecule has 0 saturated carbocycles. The van der Waals surface area contributed by atoms with Gasteiger partial charge < -0.3 is 4.57 Å². The van der Waals surface area contributed by atoms with Gasteiger partial charge in [0.05, 0.1) is 22.5 Å². The highest BCUT2D eigenvalue weighted by molar-refractivity contribution is 6.50. The smallest absolute Gasteiger partial charge is 0.0795 e. The maximum atomic E-state index is 7.93. The van der Waals surface area contributed by atoms with Crippen molar-refractivity contribution in [2.24, 2.45) is 0 Å². The third kappa shape index (κ3) is 2.44. The first-order valence-corrected chi connectivity index (χ1v) is 8.88. The molecular formula is C24H17N3. The SMILES string of the molecule is N=C1C=CC(c2ccc3c(c2)c2ccccc2n3-c2ccccc2)=CC1=N. The molecular weight excluding hydrogens is 330 g/mol. The molecule has 0 spiro atoms. The summed E-state index contributed by atoms with van der Waals surface area (Å²) in [6, 6.07) is 25.3. The Labute approximate surface area is 156 Å². The topological polar surface area (TPSA) is 52.6 Å². The molecule has 1 aromatic heterocycles. The second-order valence-corrected chi connectivity index (χ2v) is 6.68. The molecule has 3 nitrogen and oxygen atoms in total. The van der Waals surface area contributed by atoms with Gasteiger partial charge in [-0.15, -0.1) is 0 Å². The molecule has 3 heteroatoms. The summed E-state index contributed by atoms with van der Waals surface area (Å²) in [6.45, 7) is 0. The zero-order valence-corrected chi connectivity index (χ0v) is 14.6. The van der Waals surface area contributed by atoms with E-state index in [-0.39, 0.29) is 11.4 Å². The number of hydrogen-bond donors (Lipinski definition) is 2. The van der Waals surface area contributed by atoms with Crippen LogP contribution in [0.5, 0.6) is 0 Å². The van der Waals surface area contributed by atoms with Crippen molar-refractivity contribution in [2.75, 3.05) is 0 Å². The number of para-hydroxylation sites is 2. The highest BCUT2D eigenvalue weighted by atomic mass is 15.0. The Morgan fingerprint density at radius 2 is 1.37 bits per heavy atom. The van der Waals surface area contributed by atoms with Crippen molar-refractivity contribution in [3.63, 3.8) is 0 Å². The summed E-state index contributed by atoms with van der Waals surface area (Å²) in [5.74, 6) is 0. The monoisotopic (exact) mass is 347 g/mol.